The quantitative estimate of drug-likeness (QED) is 0.658. The molecule has 0 aromatic heterocycles. The van der Waals surface area contributed by atoms with Crippen LogP contribution in [-0.2, 0) is 14.4 Å². The number of hydrogen-bond acceptors (Lipinski definition) is 3. The predicted molar refractivity (Wildman–Crippen MR) is 64.8 cm³/mol. The van der Waals surface area contributed by atoms with E-state index in [1.54, 1.807) is 13.8 Å². The monoisotopic (exact) mass is 256 g/mol. The van der Waals surface area contributed by atoms with Gasteiger partial charge in [0.2, 0.25) is 11.8 Å². The van der Waals surface area contributed by atoms with Gasteiger partial charge in [0.15, 0.2) is 0 Å². The first-order chi connectivity index (χ1) is 8.28. The molecule has 18 heavy (non-hydrogen) atoms. The van der Waals surface area contributed by atoms with Crippen molar-refractivity contribution < 1.29 is 19.5 Å². The van der Waals surface area contributed by atoms with Crippen LogP contribution in [0.5, 0.6) is 0 Å². The first kappa shape index (κ1) is 14.5. The van der Waals surface area contributed by atoms with E-state index in [-0.39, 0.29) is 11.8 Å². The number of amides is 2. The Labute approximate surface area is 106 Å². The summed E-state index contributed by atoms with van der Waals surface area (Å²) in [5.41, 5.74) is -1.14. The van der Waals surface area contributed by atoms with Crippen LogP contribution in [-0.4, -0.2) is 34.5 Å². The number of rotatable bonds is 5. The molecule has 1 rings (SSSR count). The van der Waals surface area contributed by atoms with Crippen molar-refractivity contribution in [2.24, 2.45) is 5.92 Å². The molecule has 0 radical (unpaired) electrons. The molecule has 1 saturated carbocycles. The molecule has 102 valence electrons. The number of aliphatic carboxylic acids is 1. The lowest BCUT2D eigenvalue weighted by atomic mass is 9.76. The molecule has 6 heteroatoms. The summed E-state index contributed by atoms with van der Waals surface area (Å²) in [7, 11) is 0. The zero-order valence-electron chi connectivity index (χ0n) is 10.9. The molecule has 0 spiro atoms. The zero-order chi connectivity index (χ0) is 13.9. The molecular weight excluding hydrogens is 236 g/mol. The summed E-state index contributed by atoms with van der Waals surface area (Å²) >= 11 is 0. The second-order valence-electron chi connectivity index (χ2n) is 5.15. The summed E-state index contributed by atoms with van der Waals surface area (Å²) in [5, 5.41) is 14.2. The Hall–Kier alpha value is -1.59. The molecular formula is C12H20N2O4. The van der Waals surface area contributed by atoms with Gasteiger partial charge in [-0.05, 0) is 25.2 Å². The van der Waals surface area contributed by atoms with Crippen molar-refractivity contribution in [3.63, 3.8) is 0 Å². The van der Waals surface area contributed by atoms with Crippen LogP contribution in [0.1, 0.15) is 40.0 Å². The third-order valence-electron chi connectivity index (χ3n) is 3.29. The molecule has 2 amide bonds. The average Bonchev–Trinajstić information content (AvgIpc) is 2.18. The Bertz CT molecular complexity index is 361. The van der Waals surface area contributed by atoms with Crippen LogP contribution < -0.4 is 10.6 Å². The number of carbonyl (C=O) groups excluding carboxylic acids is 2. The number of carboxylic acids is 1. The third kappa shape index (κ3) is 3.00. The fourth-order valence-corrected chi connectivity index (χ4v) is 1.99. The van der Waals surface area contributed by atoms with Crippen molar-refractivity contribution in [3.05, 3.63) is 0 Å². The van der Waals surface area contributed by atoms with Gasteiger partial charge in [0.1, 0.15) is 11.6 Å². The minimum Gasteiger partial charge on any atom is -0.480 e. The van der Waals surface area contributed by atoms with Gasteiger partial charge in [-0.2, -0.15) is 0 Å². The van der Waals surface area contributed by atoms with E-state index < -0.39 is 23.5 Å². The highest BCUT2D eigenvalue weighted by Gasteiger charge is 2.46. The smallest absolute Gasteiger partial charge is 0.329 e. The molecule has 0 aliphatic heterocycles. The van der Waals surface area contributed by atoms with Gasteiger partial charge in [-0.25, -0.2) is 4.79 Å². The Morgan fingerprint density at radius 1 is 1.22 bits per heavy atom. The average molecular weight is 256 g/mol. The highest BCUT2D eigenvalue weighted by atomic mass is 16.4. The summed E-state index contributed by atoms with van der Waals surface area (Å²) in [6.07, 6.45) is 1.68. The van der Waals surface area contributed by atoms with Crippen molar-refractivity contribution in [3.8, 4) is 0 Å². The summed E-state index contributed by atoms with van der Waals surface area (Å²) in [6.45, 7) is 4.93. The van der Waals surface area contributed by atoms with Crippen LogP contribution in [0.15, 0.2) is 0 Å². The van der Waals surface area contributed by atoms with Crippen LogP contribution in [0.4, 0.5) is 0 Å². The Morgan fingerprint density at radius 2 is 1.78 bits per heavy atom. The van der Waals surface area contributed by atoms with Crippen LogP contribution in [0.3, 0.4) is 0 Å². The van der Waals surface area contributed by atoms with Crippen LogP contribution in [0.25, 0.3) is 0 Å². The van der Waals surface area contributed by atoms with Gasteiger partial charge >= 0.3 is 5.97 Å². The lowest BCUT2D eigenvalue weighted by Crippen LogP contribution is -2.63. The summed E-state index contributed by atoms with van der Waals surface area (Å²) in [6, 6.07) is -0.695. The first-order valence-electron chi connectivity index (χ1n) is 6.11. The molecule has 1 fully saturated rings. The predicted octanol–water partition coefficient (Wildman–Crippen LogP) is 0.271. The molecule has 0 heterocycles. The van der Waals surface area contributed by atoms with E-state index in [0.29, 0.717) is 12.8 Å². The maximum atomic E-state index is 12.0. The Kier molecular flexibility index (Phi) is 4.32. The van der Waals surface area contributed by atoms with Crippen molar-refractivity contribution in [1.29, 1.82) is 0 Å². The van der Waals surface area contributed by atoms with Crippen LogP contribution in [0.2, 0.25) is 0 Å². The molecule has 0 aromatic carbocycles. The van der Waals surface area contributed by atoms with E-state index in [1.165, 1.54) is 6.92 Å². The highest BCUT2D eigenvalue weighted by molar-refractivity contribution is 5.92. The molecule has 3 N–H and O–H groups in total. The van der Waals surface area contributed by atoms with Gasteiger partial charge in [-0.15, -0.1) is 0 Å². The van der Waals surface area contributed by atoms with E-state index >= 15 is 0 Å². The molecule has 0 saturated heterocycles. The molecule has 1 aliphatic rings. The normalized spacial score (nSPS) is 18.7. The summed E-state index contributed by atoms with van der Waals surface area (Å²) in [5.74, 6) is -1.84. The largest absolute Gasteiger partial charge is 0.480 e. The van der Waals surface area contributed by atoms with Gasteiger partial charge < -0.3 is 15.7 Å². The van der Waals surface area contributed by atoms with Crippen molar-refractivity contribution in [2.45, 2.75) is 51.6 Å². The van der Waals surface area contributed by atoms with Crippen molar-refractivity contribution >= 4 is 17.8 Å². The van der Waals surface area contributed by atoms with Crippen LogP contribution in [0, 0.1) is 5.92 Å². The number of hydrogen-bond donors (Lipinski definition) is 3. The highest BCUT2D eigenvalue weighted by Crippen LogP contribution is 2.32. The molecule has 0 bridgehead atoms. The van der Waals surface area contributed by atoms with Gasteiger partial charge in [-0.3, -0.25) is 9.59 Å². The third-order valence-corrected chi connectivity index (χ3v) is 3.29. The van der Waals surface area contributed by atoms with E-state index in [2.05, 4.69) is 10.6 Å². The number of carboxylic acid groups (broad SMARTS) is 1. The molecule has 1 atom stereocenters. The summed E-state index contributed by atoms with van der Waals surface area (Å²) in [4.78, 5) is 34.2. The number of nitrogens with one attached hydrogen (secondary N) is 2. The lowest BCUT2D eigenvalue weighted by molar-refractivity contribution is -0.152. The minimum absolute atomic E-state index is 0.0974. The van der Waals surface area contributed by atoms with Crippen LogP contribution >= 0.6 is 0 Å². The Balaban J connectivity index is 2.72. The lowest BCUT2D eigenvalue weighted by Gasteiger charge is -2.39. The van der Waals surface area contributed by atoms with E-state index in [0.717, 1.165) is 6.42 Å². The van der Waals surface area contributed by atoms with Gasteiger partial charge in [0.25, 0.3) is 0 Å². The number of carbonyl (C=O) groups is 3. The van der Waals surface area contributed by atoms with Crippen molar-refractivity contribution in [1.82, 2.24) is 10.6 Å². The van der Waals surface area contributed by atoms with Gasteiger partial charge in [0, 0.05) is 6.92 Å². The Morgan fingerprint density at radius 3 is 2.06 bits per heavy atom. The topological polar surface area (TPSA) is 95.5 Å². The molecule has 1 unspecified atom stereocenters. The molecule has 0 aromatic rings. The van der Waals surface area contributed by atoms with E-state index in [4.69, 9.17) is 5.11 Å². The zero-order valence-corrected chi connectivity index (χ0v) is 10.9. The van der Waals surface area contributed by atoms with Gasteiger partial charge in [-0.1, -0.05) is 13.8 Å². The second-order valence-corrected chi connectivity index (χ2v) is 5.15. The van der Waals surface area contributed by atoms with Crippen molar-refractivity contribution in [2.75, 3.05) is 0 Å². The maximum absolute atomic E-state index is 12.0. The minimum atomic E-state index is -1.14. The maximum Gasteiger partial charge on any atom is 0.329 e. The fraction of sp³-hybridized carbons (Fsp3) is 0.750. The fourth-order valence-electron chi connectivity index (χ4n) is 1.99. The standard InChI is InChI=1S/C12H20N2O4/c1-7(2)9(13-8(3)15)10(16)14-12(11(17)18)5-4-6-12/h7,9H,4-6H2,1-3H3,(H,13,15)(H,14,16)(H,17,18). The first-order valence-corrected chi connectivity index (χ1v) is 6.11. The summed E-state index contributed by atoms with van der Waals surface area (Å²) < 4.78 is 0. The SMILES string of the molecule is CC(=O)NC(C(=O)NC1(C(=O)O)CCC1)C(C)C. The molecule has 1 aliphatic carbocycles. The molecule has 6 nitrogen and oxygen atoms in total. The van der Waals surface area contributed by atoms with E-state index in [1.807, 2.05) is 0 Å². The van der Waals surface area contributed by atoms with E-state index in [9.17, 15) is 14.4 Å². The second kappa shape index (κ2) is 5.37. The van der Waals surface area contributed by atoms with Gasteiger partial charge in [0.05, 0.1) is 0 Å².